The second-order valence-electron chi connectivity index (χ2n) is 17.8. The molecule has 374 valence electrons. The highest BCUT2D eigenvalue weighted by atomic mass is 16.5. The summed E-state index contributed by atoms with van der Waals surface area (Å²) in [6.07, 6.45) is 13.9. The van der Waals surface area contributed by atoms with E-state index in [2.05, 4.69) is 0 Å². The number of allylic oxidation sites excluding steroid dienone is 12. The van der Waals surface area contributed by atoms with Crippen molar-refractivity contribution in [1.29, 1.82) is 0 Å². The van der Waals surface area contributed by atoms with Crippen molar-refractivity contribution in [3.8, 4) is 0 Å². The lowest BCUT2D eigenvalue weighted by Crippen LogP contribution is -2.41. The molecule has 2 rings (SSSR count). The van der Waals surface area contributed by atoms with Crippen LogP contribution in [0.5, 0.6) is 0 Å². The van der Waals surface area contributed by atoms with Crippen LogP contribution >= 0.6 is 0 Å². The molecule has 1 aromatic rings. The van der Waals surface area contributed by atoms with Crippen LogP contribution in [0.25, 0.3) is 0 Å². The van der Waals surface area contributed by atoms with Gasteiger partial charge in [-0.3, -0.25) is 28.8 Å². The van der Waals surface area contributed by atoms with Crippen LogP contribution in [0.15, 0.2) is 109 Å². The van der Waals surface area contributed by atoms with Crippen LogP contribution in [0.4, 0.5) is 5.69 Å². The summed E-state index contributed by atoms with van der Waals surface area (Å²) in [6.45, 7) is 5.59. The van der Waals surface area contributed by atoms with Crippen LogP contribution in [-0.4, -0.2) is 114 Å². The third kappa shape index (κ3) is 24.6. The normalized spacial score (nSPS) is 30.4. The summed E-state index contributed by atoms with van der Waals surface area (Å²) in [5.41, 5.74) is 6.70. The molecule has 0 saturated heterocycles. The van der Waals surface area contributed by atoms with Crippen molar-refractivity contribution in [3.63, 3.8) is 0 Å². The fourth-order valence-corrected chi connectivity index (χ4v) is 7.85. The molecule has 0 amide bonds. The molecule has 15 heteroatoms. The van der Waals surface area contributed by atoms with Gasteiger partial charge < -0.3 is 46.2 Å². The highest BCUT2D eigenvalue weighted by Crippen LogP contribution is 2.28. The summed E-state index contributed by atoms with van der Waals surface area (Å²) in [6, 6.07) is 6.47. The molecule has 1 aliphatic rings. The Labute approximate surface area is 400 Å². The zero-order chi connectivity index (χ0) is 50.6. The van der Waals surface area contributed by atoms with E-state index in [1.807, 2.05) is 32.9 Å². The molecule has 0 aromatic heterocycles. The Kier molecular flexibility index (Phi) is 27.9. The van der Waals surface area contributed by atoms with E-state index < -0.39 is 97.8 Å². The van der Waals surface area contributed by atoms with Crippen molar-refractivity contribution in [1.82, 2.24) is 0 Å². The molecule has 9 N–H and O–H groups in total. The van der Waals surface area contributed by atoms with E-state index in [-0.39, 0.29) is 80.7 Å². The number of carbonyl (C=O) groups excluding carboxylic acids is 5. The number of esters is 1. The number of Topliss-reactive ketones (excluding diaryl/α,β-unsaturated/α-hetero) is 4. The Bertz CT molecular complexity index is 1960. The van der Waals surface area contributed by atoms with Gasteiger partial charge in [0.25, 0.3) is 0 Å². The molecule has 0 bridgehead atoms. The van der Waals surface area contributed by atoms with E-state index >= 15 is 0 Å². The van der Waals surface area contributed by atoms with Crippen molar-refractivity contribution in [2.24, 2.45) is 23.7 Å². The first-order valence-electron chi connectivity index (χ1n) is 23.4. The number of carbonyl (C=O) groups is 6. The maximum atomic E-state index is 13.2. The molecule has 1 aliphatic heterocycles. The third-order valence-corrected chi connectivity index (χ3v) is 11.6. The van der Waals surface area contributed by atoms with Gasteiger partial charge in [-0.2, -0.15) is 0 Å². The van der Waals surface area contributed by atoms with Gasteiger partial charge in [0.05, 0.1) is 36.6 Å². The Morgan fingerprint density at radius 1 is 0.691 bits per heavy atom. The van der Waals surface area contributed by atoms with Crippen LogP contribution in [0, 0.1) is 23.7 Å². The Morgan fingerprint density at radius 2 is 1.24 bits per heavy atom. The van der Waals surface area contributed by atoms with Gasteiger partial charge in [-0.15, -0.1) is 0 Å². The predicted octanol–water partition coefficient (Wildman–Crippen LogP) is 5.82. The molecule has 11 atom stereocenters. The van der Waals surface area contributed by atoms with E-state index in [1.165, 1.54) is 12.2 Å². The van der Waals surface area contributed by atoms with E-state index in [0.717, 1.165) is 0 Å². The number of ether oxygens (including phenoxy) is 1. The van der Waals surface area contributed by atoms with Crippen molar-refractivity contribution in [3.05, 3.63) is 115 Å². The van der Waals surface area contributed by atoms with Crippen molar-refractivity contribution in [2.75, 3.05) is 5.73 Å². The van der Waals surface area contributed by atoms with Gasteiger partial charge in [0.15, 0.2) is 5.78 Å². The Balaban J connectivity index is 2.19. The number of hydrogen-bond acceptors (Lipinski definition) is 14. The minimum absolute atomic E-state index is 0.0361. The molecular formula is C53H73NO14. The van der Waals surface area contributed by atoms with E-state index in [1.54, 1.807) is 85.0 Å². The molecule has 15 nitrogen and oxygen atoms in total. The van der Waals surface area contributed by atoms with Gasteiger partial charge in [0, 0.05) is 62.1 Å². The number of aliphatic hydroxyl groups excluding tert-OH is 6. The summed E-state index contributed by atoms with van der Waals surface area (Å²) in [5.74, 6) is -6.53. The summed E-state index contributed by atoms with van der Waals surface area (Å²) >= 11 is 0. The number of carboxylic acids is 1. The van der Waals surface area contributed by atoms with Crippen molar-refractivity contribution >= 4 is 40.8 Å². The SMILES string of the molecule is C[C@H](C[C@H](C)[C@@H]1OC(=O)CC(=O)CCCC(=O)CCC[C@@H](O)C[C@@H](O)CC(=O)C[C@H](O)[C@H](C(=O)O)[C@@H](O)C[C@H](O)/C=C/C=C/C=C/C=C/C=C/C=C/C=C/[C@@H]1C)[C@H](O)CC(=O)c1ccc(N)cc1. The van der Waals surface area contributed by atoms with Gasteiger partial charge in [-0.25, -0.2) is 0 Å². The molecule has 0 unspecified atom stereocenters. The number of cyclic esters (lactones) is 1. The number of aliphatic carboxylic acids is 1. The van der Waals surface area contributed by atoms with Crippen LogP contribution in [0.1, 0.15) is 115 Å². The second kappa shape index (κ2) is 32.4. The van der Waals surface area contributed by atoms with Crippen LogP contribution in [-0.2, 0) is 28.7 Å². The predicted molar refractivity (Wildman–Crippen MR) is 259 cm³/mol. The summed E-state index contributed by atoms with van der Waals surface area (Å²) in [5, 5.41) is 72.9. The monoisotopic (exact) mass is 948 g/mol. The summed E-state index contributed by atoms with van der Waals surface area (Å²) in [7, 11) is 0. The van der Waals surface area contributed by atoms with Gasteiger partial charge in [-0.1, -0.05) is 106 Å². The van der Waals surface area contributed by atoms with E-state index in [9.17, 15) is 64.5 Å². The van der Waals surface area contributed by atoms with E-state index in [0.29, 0.717) is 17.7 Å². The van der Waals surface area contributed by atoms with Gasteiger partial charge in [0.1, 0.15) is 35.8 Å². The average Bonchev–Trinajstić information content (AvgIpc) is 3.24. The molecule has 0 radical (unpaired) electrons. The highest BCUT2D eigenvalue weighted by molar-refractivity contribution is 5.97. The van der Waals surface area contributed by atoms with Crippen LogP contribution in [0.3, 0.4) is 0 Å². The minimum Gasteiger partial charge on any atom is -0.481 e. The first kappa shape index (κ1) is 58.7. The first-order chi connectivity index (χ1) is 32.3. The molecule has 0 saturated carbocycles. The molecule has 1 heterocycles. The molecule has 1 aromatic carbocycles. The number of benzene rings is 1. The number of ketones is 4. The number of hydrogen-bond donors (Lipinski definition) is 8. The number of rotatable bonds is 8. The van der Waals surface area contributed by atoms with Gasteiger partial charge in [0.2, 0.25) is 0 Å². The third-order valence-electron chi connectivity index (χ3n) is 11.6. The topological polar surface area (TPSA) is 279 Å². The smallest absolute Gasteiger partial charge is 0.313 e. The lowest BCUT2D eigenvalue weighted by atomic mass is 9.83. The number of aliphatic hydroxyl groups is 6. The minimum atomic E-state index is -1.82. The largest absolute Gasteiger partial charge is 0.481 e. The maximum absolute atomic E-state index is 13.2. The zero-order valence-electron chi connectivity index (χ0n) is 39.5. The lowest BCUT2D eigenvalue weighted by molar-refractivity contribution is -0.156. The highest BCUT2D eigenvalue weighted by Gasteiger charge is 2.36. The van der Waals surface area contributed by atoms with Gasteiger partial charge >= 0.3 is 11.9 Å². The lowest BCUT2D eigenvalue weighted by Gasteiger charge is -2.31. The summed E-state index contributed by atoms with van der Waals surface area (Å²) < 4.78 is 5.94. The number of carboxylic acid groups (broad SMARTS) is 1. The Hall–Kier alpha value is -5.42. The maximum Gasteiger partial charge on any atom is 0.313 e. The van der Waals surface area contributed by atoms with Crippen LogP contribution in [0.2, 0.25) is 0 Å². The fraction of sp³-hybridized carbons (Fsp3) is 0.509. The molecular weight excluding hydrogens is 875 g/mol. The number of nitrogen functional groups attached to an aromatic ring is 1. The zero-order valence-corrected chi connectivity index (χ0v) is 39.5. The average molecular weight is 948 g/mol. The standard InChI is InChI=1S/C53H73NO14/c1-35-18-14-12-10-8-6-4-5-7-9-11-13-15-19-42(57)31-48(63)51(53(66)67)49(64)32-45(60)30-44(59)29-41(56)22-16-20-40(55)21-17-23-43(58)33-50(65)68-52(35)37(3)28-36(2)46(61)34-47(62)38-24-26-39(54)27-25-38/h4-15,18-19,24-27,35-37,41-42,44,46,48-49,51-52,56-57,59,61,63-64H,16-17,20-23,28-34,54H2,1-3H3,(H,66,67)/b5-4+,8-6+,9-7+,12-10+,13-11+,18-14+,19-15+/t35-,36+,37-,41+,42+,44+,46+,48-,49-,51+,52+/m0/s1. The second-order valence-corrected chi connectivity index (χ2v) is 17.8. The molecule has 0 fully saturated rings. The molecule has 0 spiro atoms. The Morgan fingerprint density at radius 3 is 1.82 bits per heavy atom. The van der Waals surface area contributed by atoms with Crippen molar-refractivity contribution in [2.45, 2.75) is 147 Å². The fourth-order valence-electron chi connectivity index (χ4n) is 7.85. The summed E-state index contributed by atoms with van der Waals surface area (Å²) in [4.78, 5) is 76.0. The molecule has 68 heavy (non-hydrogen) atoms. The van der Waals surface area contributed by atoms with E-state index in [4.69, 9.17) is 10.5 Å². The van der Waals surface area contributed by atoms with Crippen molar-refractivity contribution < 1.29 is 69.2 Å². The molecule has 0 aliphatic carbocycles. The number of anilines is 1. The first-order valence-corrected chi connectivity index (χ1v) is 23.4. The quantitative estimate of drug-likeness (QED) is 0.0660. The van der Waals surface area contributed by atoms with Crippen LogP contribution < -0.4 is 5.73 Å². The van der Waals surface area contributed by atoms with Gasteiger partial charge in [-0.05, 0) is 68.2 Å². The number of nitrogens with two attached hydrogens (primary N) is 1.